The Hall–Kier alpha value is -1.49. The molecule has 0 aliphatic heterocycles. The van der Waals surface area contributed by atoms with Gasteiger partial charge in [-0.2, -0.15) is 0 Å². The molecule has 3 nitrogen and oxygen atoms in total. The fourth-order valence-corrected chi connectivity index (χ4v) is 1.75. The molecule has 0 aliphatic carbocycles. The van der Waals surface area contributed by atoms with Crippen molar-refractivity contribution in [2.24, 2.45) is 0 Å². The second-order valence-electron chi connectivity index (χ2n) is 3.90. The van der Waals surface area contributed by atoms with Crippen molar-refractivity contribution in [3.63, 3.8) is 0 Å². The van der Waals surface area contributed by atoms with Crippen molar-refractivity contribution in [1.29, 1.82) is 0 Å². The SMILES string of the molecule is CCOC(=O)C(c1ccccc1)N(C)CC(F)F. The summed E-state index contributed by atoms with van der Waals surface area (Å²) in [4.78, 5) is 13.2. The van der Waals surface area contributed by atoms with Crippen LogP contribution in [0.3, 0.4) is 0 Å². The number of halogens is 2. The van der Waals surface area contributed by atoms with E-state index in [9.17, 15) is 13.6 Å². The molecule has 0 N–H and O–H groups in total. The highest BCUT2D eigenvalue weighted by atomic mass is 19.3. The summed E-state index contributed by atoms with van der Waals surface area (Å²) in [5.41, 5.74) is 0.652. The summed E-state index contributed by atoms with van der Waals surface area (Å²) in [7, 11) is 1.49. The van der Waals surface area contributed by atoms with Gasteiger partial charge in [0.2, 0.25) is 0 Å². The van der Waals surface area contributed by atoms with E-state index >= 15 is 0 Å². The van der Waals surface area contributed by atoms with Crippen LogP contribution < -0.4 is 0 Å². The Kier molecular flexibility index (Phi) is 5.71. The van der Waals surface area contributed by atoms with Gasteiger partial charge >= 0.3 is 5.97 Å². The molecule has 0 aliphatic rings. The number of rotatable bonds is 6. The molecule has 0 fully saturated rings. The number of carbonyl (C=O) groups excluding carboxylic acids is 1. The van der Waals surface area contributed by atoms with Crippen LogP contribution in [0.25, 0.3) is 0 Å². The summed E-state index contributed by atoms with van der Waals surface area (Å²) >= 11 is 0. The highest BCUT2D eigenvalue weighted by Crippen LogP contribution is 2.21. The molecule has 1 rings (SSSR count). The minimum Gasteiger partial charge on any atom is -0.465 e. The van der Waals surface area contributed by atoms with Gasteiger partial charge in [0.25, 0.3) is 6.43 Å². The van der Waals surface area contributed by atoms with Gasteiger partial charge < -0.3 is 4.74 Å². The lowest BCUT2D eigenvalue weighted by Gasteiger charge is -2.26. The van der Waals surface area contributed by atoms with Crippen LogP contribution in [0, 0.1) is 0 Å². The fourth-order valence-electron chi connectivity index (χ4n) is 1.75. The average Bonchev–Trinajstić information content (AvgIpc) is 2.30. The van der Waals surface area contributed by atoms with Gasteiger partial charge in [0.1, 0.15) is 6.04 Å². The van der Waals surface area contributed by atoms with E-state index < -0.39 is 25.0 Å². The third-order valence-electron chi connectivity index (χ3n) is 2.49. The Bertz CT molecular complexity index is 371. The highest BCUT2D eigenvalue weighted by molar-refractivity contribution is 5.77. The molecule has 1 unspecified atom stereocenters. The Morgan fingerprint density at radius 2 is 1.94 bits per heavy atom. The van der Waals surface area contributed by atoms with Gasteiger partial charge in [0.05, 0.1) is 13.2 Å². The molecule has 1 aromatic rings. The van der Waals surface area contributed by atoms with Crippen LogP contribution in [0.1, 0.15) is 18.5 Å². The molecular weight excluding hydrogens is 240 g/mol. The van der Waals surface area contributed by atoms with Crippen molar-refractivity contribution in [1.82, 2.24) is 4.90 Å². The van der Waals surface area contributed by atoms with Crippen molar-refractivity contribution >= 4 is 5.97 Å². The van der Waals surface area contributed by atoms with E-state index in [-0.39, 0.29) is 6.61 Å². The molecule has 0 heterocycles. The molecule has 0 radical (unpaired) electrons. The summed E-state index contributed by atoms with van der Waals surface area (Å²) in [6, 6.07) is 7.99. The number of hydrogen-bond donors (Lipinski definition) is 0. The fraction of sp³-hybridized carbons (Fsp3) is 0.462. The molecule has 18 heavy (non-hydrogen) atoms. The smallest absolute Gasteiger partial charge is 0.327 e. The predicted octanol–water partition coefficient (Wildman–Crippen LogP) is 2.49. The second kappa shape index (κ2) is 7.06. The van der Waals surface area contributed by atoms with Crippen LogP contribution in [0.2, 0.25) is 0 Å². The van der Waals surface area contributed by atoms with Gasteiger partial charge in [-0.05, 0) is 19.5 Å². The van der Waals surface area contributed by atoms with Gasteiger partial charge in [-0.3, -0.25) is 4.90 Å². The number of benzene rings is 1. The quantitative estimate of drug-likeness (QED) is 0.733. The monoisotopic (exact) mass is 257 g/mol. The number of esters is 1. The summed E-state index contributed by atoms with van der Waals surface area (Å²) in [5.74, 6) is -0.508. The zero-order valence-electron chi connectivity index (χ0n) is 10.5. The first-order valence-electron chi connectivity index (χ1n) is 5.76. The third-order valence-corrected chi connectivity index (χ3v) is 2.49. The van der Waals surface area contributed by atoms with Gasteiger partial charge in [0, 0.05) is 0 Å². The molecule has 0 saturated carbocycles. The van der Waals surface area contributed by atoms with Gasteiger partial charge in [-0.25, -0.2) is 13.6 Å². The first-order valence-corrected chi connectivity index (χ1v) is 5.76. The summed E-state index contributed by atoms with van der Waals surface area (Å²) < 4.78 is 29.8. The minimum absolute atomic E-state index is 0.227. The van der Waals surface area contributed by atoms with E-state index in [1.807, 2.05) is 0 Å². The van der Waals surface area contributed by atoms with Crippen molar-refractivity contribution in [3.8, 4) is 0 Å². The summed E-state index contributed by atoms with van der Waals surface area (Å²) in [6.45, 7) is 1.44. The van der Waals surface area contributed by atoms with Crippen molar-refractivity contribution in [2.75, 3.05) is 20.2 Å². The van der Waals surface area contributed by atoms with E-state index in [1.165, 1.54) is 11.9 Å². The van der Waals surface area contributed by atoms with Crippen molar-refractivity contribution in [2.45, 2.75) is 19.4 Å². The molecular formula is C13H17F2NO2. The standard InChI is InChI=1S/C13H17F2NO2/c1-3-18-13(17)12(16(2)9-11(14)15)10-7-5-4-6-8-10/h4-8,11-12H,3,9H2,1-2H3. The molecule has 1 atom stereocenters. The van der Waals surface area contributed by atoms with Crippen molar-refractivity contribution < 1.29 is 18.3 Å². The lowest BCUT2D eigenvalue weighted by molar-refractivity contribution is -0.150. The molecule has 0 spiro atoms. The van der Waals surface area contributed by atoms with E-state index in [4.69, 9.17) is 4.74 Å². The zero-order valence-corrected chi connectivity index (χ0v) is 10.5. The Balaban J connectivity index is 2.91. The van der Waals surface area contributed by atoms with E-state index in [0.29, 0.717) is 5.56 Å². The number of likely N-dealkylation sites (N-methyl/N-ethyl adjacent to an activating group) is 1. The average molecular weight is 257 g/mol. The lowest BCUT2D eigenvalue weighted by Crippen LogP contribution is -2.35. The molecule has 0 bridgehead atoms. The Morgan fingerprint density at radius 3 is 2.44 bits per heavy atom. The third kappa shape index (κ3) is 4.07. The lowest BCUT2D eigenvalue weighted by atomic mass is 10.1. The van der Waals surface area contributed by atoms with E-state index in [2.05, 4.69) is 0 Å². The van der Waals surface area contributed by atoms with Crippen LogP contribution >= 0.6 is 0 Å². The molecule has 0 amide bonds. The summed E-state index contributed by atoms with van der Waals surface area (Å²) in [5, 5.41) is 0. The Morgan fingerprint density at radius 1 is 1.33 bits per heavy atom. The largest absolute Gasteiger partial charge is 0.465 e. The number of alkyl halides is 2. The number of nitrogens with zero attached hydrogens (tertiary/aromatic N) is 1. The van der Waals surface area contributed by atoms with Crippen LogP contribution in [0.4, 0.5) is 8.78 Å². The first kappa shape index (κ1) is 14.6. The van der Waals surface area contributed by atoms with Crippen LogP contribution in [0.15, 0.2) is 30.3 Å². The normalized spacial score (nSPS) is 12.8. The maximum absolute atomic E-state index is 12.4. The topological polar surface area (TPSA) is 29.5 Å². The van der Waals surface area contributed by atoms with Gasteiger partial charge in [-0.15, -0.1) is 0 Å². The van der Waals surface area contributed by atoms with Gasteiger partial charge in [-0.1, -0.05) is 30.3 Å². The van der Waals surface area contributed by atoms with Crippen LogP contribution in [-0.4, -0.2) is 37.5 Å². The van der Waals surface area contributed by atoms with Gasteiger partial charge in [0.15, 0.2) is 0 Å². The van der Waals surface area contributed by atoms with Crippen molar-refractivity contribution in [3.05, 3.63) is 35.9 Å². The van der Waals surface area contributed by atoms with Crippen LogP contribution in [-0.2, 0) is 9.53 Å². The number of carbonyl (C=O) groups is 1. The maximum atomic E-state index is 12.4. The number of hydrogen-bond acceptors (Lipinski definition) is 3. The number of ether oxygens (including phenoxy) is 1. The molecule has 1 aromatic carbocycles. The molecule has 0 aromatic heterocycles. The second-order valence-corrected chi connectivity index (χ2v) is 3.90. The molecule has 5 heteroatoms. The Labute approximate surface area is 105 Å². The molecule has 100 valence electrons. The zero-order chi connectivity index (χ0) is 13.5. The highest BCUT2D eigenvalue weighted by Gasteiger charge is 2.27. The van der Waals surface area contributed by atoms with E-state index in [1.54, 1.807) is 37.3 Å². The van der Waals surface area contributed by atoms with E-state index in [0.717, 1.165) is 0 Å². The minimum atomic E-state index is -2.49. The van der Waals surface area contributed by atoms with Crippen LogP contribution in [0.5, 0.6) is 0 Å². The predicted molar refractivity (Wildman–Crippen MR) is 64.5 cm³/mol. The summed E-state index contributed by atoms with van der Waals surface area (Å²) in [6.07, 6.45) is -2.49. The first-order chi connectivity index (χ1) is 8.56. The molecule has 0 saturated heterocycles. The maximum Gasteiger partial charge on any atom is 0.327 e.